The minimum Gasteiger partial charge on any atom is -0.397 e. The fourth-order valence-electron chi connectivity index (χ4n) is 4.00. The molecular formula is C22H26N4S2. The Morgan fingerprint density at radius 1 is 1.25 bits per heavy atom. The van der Waals surface area contributed by atoms with Crippen molar-refractivity contribution in [2.45, 2.75) is 32.1 Å². The summed E-state index contributed by atoms with van der Waals surface area (Å²) in [5.41, 5.74) is 8.95. The number of hydrogen-bond acceptors (Lipinski definition) is 6. The zero-order valence-electron chi connectivity index (χ0n) is 16.2. The van der Waals surface area contributed by atoms with E-state index in [1.807, 2.05) is 0 Å². The van der Waals surface area contributed by atoms with Gasteiger partial charge in [-0.15, -0.1) is 22.7 Å². The van der Waals surface area contributed by atoms with Crippen LogP contribution in [0.5, 0.6) is 0 Å². The molecule has 0 bridgehead atoms. The SMILES string of the molecule is CC(c1sc(NCCN2CCCCC2)c(C#N)c1N)c1csc2ccccc12. The summed E-state index contributed by atoms with van der Waals surface area (Å²) in [7, 11) is 0. The number of benzene rings is 1. The quantitative estimate of drug-likeness (QED) is 0.566. The Labute approximate surface area is 174 Å². The Hall–Kier alpha value is -2.07. The zero-order chi connectivity index (χ0) is 19.5. The van der Waals surface area contributed by atoms with Crippen molar-refractivity contribution in [3.8, 4) is 6.07 Å². The minimum atomic E-state index is 0.172. The normalized spacial score (nSPS) is 16.1. The number of piperidine rings is 1. The Morgan fingerprint density at radius 3 is 2.82 bits per heavy atom. The number of nitrogens with zero attached hydrogens (tertiary/aromatic N) is 2. The van der Waals surface area contributed by atoms with E-state index in [4.69, 9.17) is 5.73 Å². The van der Waals surface area contributed by atoms with E-state index in [1.54, 1.807) is 22.7 Å². The molecule has 6 heteroatoms. The number of rotatable bonds is 6. The molecule has 146 valence electrons. The van der Waals surface area contributed by atoms with Crippen LogP contribution >= 0.6 is 22.7 Å². The van der Waals surface area contributed by atoms with Gasteiger partial charge in [-0.2, -0.15) is 5.26 Å². The number of likely N-dealkylation sites (tertiary alicyclic amines) is 1. The van der Waals surface area contributed by atoms with Crippen LogP contribution < -0.4 is 11.1 Å². The lowest BCUT2D eigenvalue weighted by atomic mass is 9.97. The van der Waals surface area contributed by atoms with Crippen LogP contribution in [0.15, 0.2) is 29.6 Å². The first-order valence-electron chi connectivity index (χ1n) is 9.93. The Kier molecular flexibility index (Phi) is 5.86. The van der Waals surface area contributed by atoms with Gasteiger partial charge < -0.3 is 16.0 Å². The van der Waals surface area contributed by atoms with E-state index in [1.165, 1.54) is 48.0 Å². The number of anilines is 2. The van der Waals surface area contributed by atoms with Gasteiger partial charge in [-0.1, -0.05) is 31.5 Å². The largest absolute Gasteiger partial charge is 0.397 e. The molecule has 1 fully saturated rings. The van der Waals surface area contributed by atoms with Crippen LogP contribution in [0.1, 0.15) is 48.1 Å². The second kappa shape index (κ2) is 8.52. The van der Waals surface area contributed by atoms with Crippen molar-refractivity contribution in [3.05, 3.63) is 45.6 Å². The third-order valence-electron chi connectivity index (χ3n) is 5.62. The molecule has 4 rings (SSSR count). The monoisotopic (exact) mass is 410 g/mol. The zero-order valence-corrected chi connectivity index (χ0v) is 17.8. The van der Waals surface area contributed by atoms with Crippen molar-refractivity contribution in [2.24, 2.45) is 0 Å². The highest BCUT2D eigenvalue weighted by Gasteiger charge is 2.23. The standard InChI is InChI=1S/C22H26N4S2/c1-15(18-14-27-19-8-4-3-7-16(18)19)21-20(24)17(13-23)22(28-21)25-9-12-26-10-5-2-6-11-26/h3-4,7-8,14-15,25H,2,5-6,9-12,24H2,1H3. The lowest BCUT2D eigenvalue weighted by Gasteiger charge is -2.26. The first kappa shape index (κ1) is 19.3. The molecule has 3 heterocycles. The molecule has 0 saturated carbocycles. The van der Waals surface area contributed by atoms with E-state index in [2.05, 4.69) is 52.9 Å². The summed E-state index contributed by atoms with van der Waals surface area (Å²) in [4.78, 5) is 3.58. The maximum atomic E-state index is 9.67. The second-order valence-electron chi connectivity index (χ2n) is 7.43. The maximum absolute atomic E-state index is 9.67. The van der Waals surface area contributed by atoms with Gasteiger partial charge in [0.05, 0.1) is 5.69 Å². The van der Waals surface area contributed by atoms with Crippen LogP contribution in [-0.4, -0.2) is 31.1 Å². The van der Waals surface area contributed by atoms with Gasteiger partial charge >= 0.3 is 0 Å². The fourth-order valence-corrected chi connectivity index (χ4v) is 6.23. The average Bonchev–Trinajstić information content (AvgIpc) is 3.29. The summed E-state index contributed by atoms with van der Waals surface area (Å²) in [5.74, 6) is 0.172. The number of nitriles is 1. The lowest BCUT2D eigenvalue weighted by molar-refractivity contribution is 0.237. The van der Waals surface area contributed by atoms with Crippen LogP contribution in [-0.2, 0) is 0 Å². The second-order valence-corrected chi connectivity index (χ2v) is 9.40. The van der Waals surface area contributed by atoms with Gasteiger partial charge in [0.1, 0.15) is 16.6 Å². The number of nitrogen functional groups attached to an aromatic ring is 1. The summed E-state index contributed by atoms with van der Waals surface area (Å²) in [6.07, 6.45) is 3.94. The first-order valence-corrected chi connectivity index (χ1v) is 11.6. The molecule has 1 atom stereocenters. The highest BCUT2D eigenvalue weighted by molar-refractivity contribution is 7.18. The van der Waals surface area contributed by atoms with Crippen LogP contribution in [0.4, 0.5) is 10.7 Å². The number of hydrogen-bond donors (Lipinski definition) is 2. The molecule has 0 amide bonds. The summed E-state index contributed by atoms with van der Waals surface area (Å²) in [6.45, 7) is 6.43. The lowest BCUT2D eigenvalue weighted by Crippen LogP contribution is -2.33. The Morgan fingerprint density at radius 2 is 2.04 bits per heavy atom. The molecule has 0 spiro atoms. The first-order chi connectivity index (χ1) is 13.7. The fraction of sp³-hybridized carbons (Fsp3) is 0.409. The van der Waals surface area contributed by atoms with Crippen LogP contribution in [0.2, 0.25) is 0 Å². The Balaban J connectivity index is 1.53. The van der Waals surface area contributed by atoms with E-state index in [-0.39, 0.29) is 5.92 Å². The van der Waals surface area contributed by atoms with E-state index in [0.717, 1.165) is 23.0 Å². The van der Waals surface area contributed by atoms with Crippen LogP contribution in [0, 0.1) is 11.3 Å². The number of nitrogens with one attached hydrogen (secondary N) is 1. The van der Waals surface area contributed by atoms with Crippen LogP contribution in [0.25, 0.3) is 10.1 Å². The number of thiophene rings is 2. The molecule has 1 aromatic carbocycles. The van der Waals surface area contributed by atoms with Gasteiger partial charge in [0, 0.05) is 28.6 Å². The van der Waals surface area contributed by atoms with Crippen molar-refractivity contribution in [2.75, 3.05) is 37.2 Å². The van der Waals surface area contributed by atoms with Crippen molar-refractivity contribution in [1.29, 1.82) is 5.26 Å². The summed E-state index contributed by atoms with van der Waals surface area (Å²) >= 11 is 3.41. The summed E-state index contributed by atoms with van der Waals surface area (Å²) < 4.78 is 1.29. The molecule has 3 N–H and O–H groups in total. The number of fused-ring (bicyclic) bond motifs is 1. The van der Waals surface area contributed by atoms with E-state index < -0.39 is 0 Å². The summed E-state index contributed by atoms with van der Waals surface area (Å²) in [6, 6.07) is 10.8. The number of nitrogens with two attached hydrogens (primary N) is 1. The third-order valence-corrected chi connectivity index (χ3v) is 7.95. The predicted molar refractivity (Wildman–Crippen MR) is 122 cm³/mol. The maximum Gasteiger partial charge on any atom is 0.110 e. The van der Waals surface area contributed by atoms with Gasteiger partial charge in [-0.05, 0) is 48.3 Å². The minimum absolute atomic E-state index is 0.172. The third kappa shape index (κ3) is 3.75. The van der Waals surface area contributed by atoms with Crippen molar-refractivity contribution < 1.29 is 0 Å². The predicted octanol–water partition coefficient (Wildman–Crippen LogP) is 5.47. The molecule has 1 aliphatic heterocycles. The smallest absolute Gasteiger partial charge is 0.110 e. The van der Waals surface area contributed by atoms with Crippen molar-refractivity contribution in [1.82, 2.24) is 4.90 Å². The molecule has 28 heavy (non-hydrogen) atoms. The van der Waals surface area contributed by atoms with Gasteiger partial charge in [0.25, 0.3) is 0 Å². The van der Waals surface area contributed by atoms with Crippen molar-refractivity contribution in [3.63, 3.8) is 0 Å². The highest BCUT2D eigenvalue weighted by Crippen LogP contribution is 2.44. The molecule has 3 aromatic rings. The molecule has 2 aromatic heterocycles. The molecule has 1 saturated heterocycles. The average molecular weight is 411 g/mol. The molecule has 0 radical (unpaired) electrons. The van der Waals surface area contributed by atoms with E-state index in [9.17, 15) is 5.26 Å². The van der Waals surface area contributed by atoms with Crippen LogP contribution in [0.3, 0.4) is 0 Å². The van der Waals surface area contributed by atoms with E-state index in [0.29, 0.717) is 11.3 Å². The van der Waals surface area contributed by atoms with E-state index >= 15 is 0 Å². The van der Waals surface area contributed by atoms with Crippen molar-refractivity contribution >= 4 is 43.4 Å². The molecular weight excluding hydrogens is 384 g/mol. The molecule has 4 nitrogen and oxygen atoms in total. The summed E-state index contributed by atoms with van der Waals surface area (Å²) in [5, 5.41) is 17.6. The Bertz CT molecular complexity index is 992. The molecule has 1 aliphatic rings. The van der Waals surface area contributed by atoms with Gasteiger partial charge in [0.15, 0.2) is 0 Å². The van der Waals surface area contributed by atoms with Gasteiger partial charge in [0.2, 0.25) is 0 Å². The molecule has 1 unspecified atom stereocenters. The van der Waals surface area contributed by atoms with Gasteiger partial charge in [-0.3, -0.25) is 0 Å². The molecule has 0 aliphatic carbocycles. The highest BCUT2D eigenvalue weighted by atomic mass is 32.1. The topological polar surface area (TPSA) is 65.1 Å². The van der Waals surface area contributed by atoms with Gasteiger partial charge in [-0.25, -0.2) is 0 Å².